The fourth-order valence-corrected chi connectivity index (χ4v) is 16.9. The van der Waals surface area contributed by atoms with Crippen LogP contribution < -0.4 is 112 Å². The topological polar surface area (TPSA) is 322 Å². The van der Waals surface area contributed by atoms with Gasteiger partial charge in [-0.05, 0) is 237 Å². The van der Waals surface area contributed by atoms with Gasteiger partial charge in [0.2, 0.25) is 11.8 Å². The quantitative estimate of drug-likeness (QED) is 0.163. The number of rotatable bonds is 0. The summed E-state index contributed by atoms with van der Waals surface area (Å²) < 4.78 is 10.3. The third-order valence-corrected chi connectivity index (χ3v) is 24.0. The molecule has 6 bridgehead atoms. The van der Waals surface area contributed by atoms with Crippen molar-refractivity contribution in [1.82, 2.24) is 112 Å². The number of amides is 4. The van der Waals surface area contributed by atoms with Crippen molar-refractivity contribution in [2.75, 3.05) is 259 Å². The molecule has 0 aromatic heterocycles. The minimum absolute atomic E-state index is 0.0359. The van der Waals surface area contributed by atoms with Crippen LogP contribution in [0.15, 0.2) is 0 Å². The Bertz CT molecular complexity index is 1710. The van der Waals surface area contributed by atoms with Gasteiger partial charge in [0.05, 0.1) is 26.4 Å². The summed E-state index contributed by atoms with van der Waals surface area (Å²) in [7, 11) is 0. The van der Waals surface area contributed by atoms with Gasteiger partial charge < -0.3 is 121 Å². The SMILES string of the molecule is C1CC2(CCN1)COC2.C1CC2CC(C1)N2.C1CC2CCC(C1)N2.C1CC2CNCC1N2.C1CC2CNCCC2CN1.C1CCCNCC1.C1CNCCN1.C1CNCCNC1.C1CNCCOC1.C1CNCCSC1.C1CNCCSC1.O=C1CCNCCN1.O=C1CNCCN1.O=C1NCCCN1. The maximum absolute atomic E-state index is 10.5. The van der Waals surface area contributed by atoms with E-state index in [0.717, 1.165) is 179 Å². The van der Waals surface area contributed by atoms with Gasteiger partial charge in [-0.3, -0.25) is 9.59 Å². The van der Waals surface area contributed by atoms with Crippen molar-refractivity contribution in [2.45, 2.75) is 197 Å². The number of hydrogen-bond donors (Lipinski definition) is 21. The first kappa shape index (κ1) is 92.0. The first-order valence-corrected chi connectivity index (χ1v) is 45.3. The lowest BCUT2D eigenvalue weighted by Crippen LogP contribution is -2.55. The molecule has 0 radical (unpaired) electrons. The highest BCUT2D eigenvalue weighted by atomic mass is 32.2. The first-order chi connectivity index (χ1) is 51.9. The maximum Gasteiger partial charge on any atom is 0.314 e. The second-order valence-corrected chi connectivity index (χ2v) is 33.4. The minimum atomic E-state index is -0.0359. The number of carbonyl (C=O) groups is 3. The summed E-state index contributed by atoms with van der Waals surface area (Å²) in [5, 5.41) is 67.2. The Balaban J connectivity index is 0.000000178. The average molecular weight is 1520 g/mol. The lowest BCUT2D eigenvalue weighted by molar-refractivity contribution is -0.127. The average Bonchev–Trinajstić information content (AvgIpc) is 1.69. The number of fused-ring (bicyclic) bond motifs is 7. The summed E-state index contributed by atoms with van der Waals surface area (Å²) in [6, 6.07) is 5.24. The molecule has 4 amide bonds. The zero-order chi connectivity index (χ0) is 73.5. The number of piperidine rings is 5. The Labute approximate surface area is 646 Å². The molecule has 8 unspecified atom stereocenters. The number of piperazine rings is 3. The lowest BCUT2D eigenvalue weighted by Gasteiger charge is -2.44. The van der Waals surface area contributed by atoms with Crippen molar-refractivity contribution < 1.29 is 23.9 Å². The summed E-state index contributed by atoms with van der Waals surface area (Å²) in [4.78, 5) is 31.1. The lowest BCUT2D eigenvalue weighted by atomic mass is 9.77. The van der Waals surface area contributed by atoms with Gasteiger partial charge in [-0.2, -0.15) is 23.5 Å². The zero-order valence-electron chi connectivity index (χ0n) is 65.9. The molecule has 8 atom stereocenters. The van der Waals surface area contributed by atoms with E-state index in [2.05, 4.69) is 135 Å². The molecule has 1 spiro atoms. The number of hydrogen-bond acceptors (Lipinski definition) is 24. The molecular weight excluding hydrogens is 1360 g/mol. The second kappa shape index (κ2) is 64.6. The van der Waals surface area contributed by atoms with E-state index in [4.69, 9.17) is 9.47 Å². The Hall–Kier alpha value is -1.85. The van der Waals surface area contributed by atoms with Crippen molar-refractivity contribution in [3.8, 4) is 0 Å². The number of ether oxygens (including phenoxy) is 2. The van der Waals surface area contributed by atoms with Gasteiger partial charge >= 0.3 is 6.03 Å². The predicted molar refractivity (Wildman–Crippen MR) is 441 cm³/mol. The van der Waals surface area contributed by atoms with E-state index in [1.54, 1.807) is 0 Å². The number of urea groups is 1. The largest absolute Gasteiger partial charge is 0.380 e. The number of nitrogens with one attached hydrogen (secondary N) is 21. The van der Waals surface area contributed by atoms with Crippen molar-refractivity contribution >= 4 is 41.4 Å². The number of carbonyl (C=O) groups excluding carboxylic acids is 3. The minimum Gasteiger partial charge on any atom is -0.380 e. The first-order valence-electron chi connectivity index (χ1n) is 43.0. The molecule has 20 fully saturated rings. The Morgan fingerprint density at radius 1 is 0.286 bits per heavy atom. The van der Waals surface area contributed by atoms with Crippen LogP contribution in [-0.2, 0) is 19.1 Å². The van der Waals surface area contributed by atoms with Crippen molar-refractivity contribution in [3.05, 3.63) is 0 Å². The van der Waals surface area contributed by atoms with Crippen molar-refractivity contribution in [3.63, 3.8) is 0 Å². The molecule has 21 N–H and O–H groups in total. The zero-order valence-corrected chi connectivity index (χ0v) is 67.6. The molecule has 0 aromatic rings. The maximum atomic E-state index is 10.5. The van der Waals surface area contributed by atoms with Crippen LogP contribution in [0.1, 0.15) is 161 Å². The van der Waals surface area contributed by atoms with Gasteiger partial charge in [-0.15, -0.1) is 0 Å². The summed E-state index contributed by atoms with van der Waals surface area (Å²) >= 11 is 4.11. The van der Waals surface area contributed by atoms with E-state index in [0.29, 0.717) is 18.4 Å². The summed E-state index contributed by atoms with van der Waals surface area (Å²) in [6.07, 6.45) is 33.8. The van der Waals surface area contributed by atoms with E-state index >= 15 is 0 Å². The van der Waals surface area contributed by atoms with Gasteiger partial charge in [0.15, 0.2) is 0 Å². The van der Waals surface area contributed by atoms with E-state index in [9.17, 15) is 14.4 Å². The molecule has 1 saturated carbocycles. The van der Waals surface area contributed by atoms with Crippen LogP contribution in [0.3, 0.4) is 0 Å². The van der Waals surface area contributed by atoms with E-state index in [1.807, 2.05) is 0 Å². The molecule has 614 valence electrons. The summed E-state index contributed by atoms with van der Waals surface area (Å²) in [6.45, 7) is 38.7. The van der Waals surface area contributed by atoms with Gasteiger partial charge in [0, 0.05) is 184 Å². The highest BCUT2D eigenvalue weighted by Crippen LogP contribution is 2.36. The normalized spacial score (nSPS) is 30.5. The molecule has 19 saturated heterocycles. The molecular formula is C77H159N21O5S2. The standard InChI is InChI=1S/C8H16N2.C7H13NO.C7H13N.C6H12N2.C6H11N.C6H13N.C5H10N2O.C5H12N2.C5H11NO.2C5H11NS.2C4H8N2O.C4H10N2/c1-3-9-6-8-2-4-10-5-7(1)8;1-3-8-4-2-7(1)5-9-6-7;1-2-6-4-5-7(3-1)8-6;1-2-6-4-7-3-5(1)8-6;1-2-5-4-6(3-1)7-5;1-2-4-6-7-5-3-1;8-5-1-2-6-3-4-7-5;1-2-6-4-5-7-3-1;3*1-2-6-3-5-7-4-1;7-4-3-5-1-2-6-4;7-4-5-2-1-3-6-4;1-2-6-4-3-5-1/h7-10H,1-6H2;8H,1-6H2;6-8H,1-5H2;5-8H,1-4H2;5-7H,1-4H2;7H,1-6H2;6H,1-4H2,(H,7,8);6-7H,1-5H2;3*6H,1-5H2;5H,1-3H2,(H,6,7);1-3H2,(H2,5,6,7);5-6H,1-4H2. The molecule has 1 aliphatic carbocycles. The number of thioether (sulfide) groups is 2. The van der Waals surface area contributed by atoms with E-state index < -0.39 is 0 Å². The smallest absolute Gasteiger partial charge is 0.314 e. The highest BCUT2D eigenvalue weighted by molar-refractivity contribution is 7.99. The Morgan fingerprint density at radius 3 is 1.20 bits per heavy atom. The van der Waals surface area contributed by atoms with Crippen LogP contribution in [0.4, 0.5) is 4.79 Å². The van der Waals surface area contributed by atoms with Gasteiger partial charge in [0.25, 0.3) is 0 Å². The van der Waals surface area contributed by atoms with Crippen molar-refractivity contribution in [2.24, 2.45) is 17.3 Å². The molecule has 26 nitrogen and oxygen atoms in total. The van der Waals surface area contributed by atoms with Crippen molar-refractivity contribution in [1.29, 1.82) is 0 Å². The van der Waals surface area contributed by atoms with Gasteiger partial charge in [0.1, 0.15) is 0 Å². The predicted octanol–water partition coefficient (Wildman–Crippen LogP) is 1.31. The molecule has 0 aromatic carbocycles. The van der Waals surface area contributed by atoms with Crippen LogP contribution in [0.2, 0.25) is 0 Å². The van der Waals surface area contributed by atoms with Gasteiger partial charge in [-0.1, -0.05) is 25.7 Å². The van der Waals surface area contributed by atoms with Crippen LogP contribution in [-0.4, -0.2) is 313 Å². The van der Waals surface area contributed by atoms with Crippen LogP contribution in [0, 0.1) is 17.3 Å². The van der Waals surface area contributed by atoms with E-state index in [-0.39, 0.29) is 17.8 Å². The third kappa shape index (κ3) is 49.3. The fraction of sp³-hybridized carbons (Fsp3) is 0.961. The highest BCUT2D eigenvalue weighted by Gasteiger charge is 2.39. The second-order valence-electron chi connectivity index (χ2n) is 30.9. The molecule has 20 aliphatic rings. The summed E-state index contributed by atoms with van der Waals surface area (Å²) in [5.41, 5.74) is 0.616. The van der Waals surface area contributed by atoms with Crippen LogP contribution >= 0.6 is 23.5 Å². The Morgan fingerprint density at radius 2 is 0.724 bits per heavy atom. The molecule has 19 heterocycles. The molecule has 20 rings (SSSR count). The molecule has 105 heavy (non-hydrogen) atoms. The molecule has 28 heteroatoms. The van der Waals surface area contributed by atoms with Crippen LogP contribution in [0.25, 0.3) is 0 Å². The van der Waals surface area contributed by atoms with Crippen LogP contribution in [0.5, 0.6) is 0 Å². The molecule has 19 aliphatic heterocycles. The summed E-state index contributed by atoms with van der Waals surface area (Å²) in [5.74, 6) is 7.55. The fourth-order valence-electron chi connectivity index (χ4n) is 15.3. The monoisotopic (exact) mass is 1520 g/mol. The third-order valence-electron chi connectivity index (χ3n) is 21.8. The van der Waals surface area contributed by atoms with E-state index in [1.165, 1.54) is 275 Å². The van der Waals surface area contributed by atoms with Gasteiger partial charge in [-0.25, -0.2) is 4.79 Å². The Kier molecular flexibility index (Phi) is 56.7.